The van der Waals surface area contributed by atoms with Crippen LogP contribution in [-0.4, -0.2) is 20.0 Å². The van der Waals surface area contributed by atoms with Gasteiger partial charge in [0.2, 0.25) is 0 Å². The molecule has 2 aromatic carbocycles. The summed E-state index contributed by atoms with van der Waals surface area (Å²) in [4.78, 5) is 4.11. The molecule has 0 spiro atoms. The van der Waals surface area contributed by atoms with Gasteiger partial charge in [-0.2, -0.15) is 8.42 Å². The van der Waals surface area contributed by atoms with Crippen molar-refractivity contribution in [2.45, 2.75) is 18.2 Å². The maximum atomic E-state index is 12.7. The first kappa shape index (κ1) is 18.8. The van der Waals surface area contributed by atoms with Gasteiger partial charge < -0.3 is 8.92 Å². The minimum Gasteiger partial charge on any atom is -0.492 e. The molecule has 0 aliphatic rings. The van der Waals surface area contributed by atoms with Crippen molar-refractivity contribution in [3.8, 4) is 11.5 Å². The summed E-state index contributed by atoms with van der Waals surface area (Å²) in [5, 5.41) is 1.39. The largest absolute Gasteiger partial charge is 0.492 e. The van der Waals surface area contributed by atoms with Crippen LogP contribution in [0, 0.1) is 0 Å². The molecule has 0 bridgehead atoms. The second kappa shape index (κ2) is 7.70. The van der Waals surface area contributed by atoms with Gasteiger partial charge in [-0.15, -0.1) is 0 Å². The van der Waals surface area contributed by atoms with Gasteiger partial charge >= 0.3 is 10.1 Å². The minimum atomic E-state index is -4.10. The van der Waals surface area contributed by atoms with E-state index in [9.17, 15) is 8.42 Å². The first-order valence-corrected chi connectivity index (χ1v) is 9.99. The van der Waals surface area contributed by atoms with E-state index in [0.29, 0.717) is 27.6 Å². The Hall–Kier alpha value is -2.02. The SMILES string of the molecule is CCCOc1cc(S(=O)(=O)Oc2ccc(Cl)c3cccnc23)ccc1Cl. The highest BCUT2D eigenvalue weighted by molar-refractivity contribution is 7.87. The van der Waals surface area contributed by atoms with Gasteiger partial charge in [0.15, 0.2) is 5.75 Å². The molecule has 26 heavy (non-hydrogen) atoms. The zero-order chi connectivity index (χ0) is 18.7. The molecule has 3 rings (SSSR count). The molecule has 0 fully saturated rings. The molecule has 3 aromatic rings. The monoisotopic (exact) mass is 411 g/mol. The number of nitrogens with zero attached hydrogens (tertiary/aromatic N) is 1. The maximum absolute atomic E-state index is 12.7. The number of hydrogen-bond acceptors (Lipinski definition) is 5. The smallest absolute Gasteiger partial charge is 0.339 e. The quantitative estimate of drug-likeness (QED) is 0.527. The zero-order valence-corrected chi connectivity index (χ0v) is 16.1. The van der Waals surface area contributed by atoms with Crippen molar-refractivity contribution in [2.75, 3.05) is 6.61 Å². The van der Waals surface area contributed by atoms with Crippen LogP contribution in [0.5, 0.6) is 11.5 Å². The molecular weight excluding hydrogens is 397 g/mol. The second-order valence-electron chi connectivity index (χ2n) is 5.42. The zero-order valence-electron chi connectivity index (χ0n) is 13.8. The molecule has 0 unspecified atom stereocenters. The molecule has 8 heteroatoms. The van der Waals surface area contributed by atoms with Crippen LogP contribution in [0.1, 0.15) is 13.3 Å². The van der Waals surface area contributed by atoms with Gasteiger partial charge in [0.25, 0.3) is 0 Å². The molecule has 1 heterocycles. The number of halogens is 2. The summed E-state index contributed by atoms with van der Waals surface area (Å²) in [6.45, 7) is 2.37. The number of hydrogen-bond donors (Lipinski definition) is 0. The van der Waals surface area contributed by atoms with Crippen molar-refractivity contribution in [1.82, 2.24) is 4.98 Å². The van der Waals surface area contributed by atoms with Crippen LogP contribution in [0.4, 0.5) is 0 Å². The van der Waals surface area contributed by atoms with Crippen molar-refractivity contribution in [3.05, 3.63) is 58.7 Å². The number of ether oxygens (including phenoxy) is 1. The predicted molar refractivity (Wildman–Crippen MR) is 102 cm³/mol. The molecule has 0 aliphatic heterocycles. The molecule has 0 saturated heterocycles. The van der Waals surface area contributed by atoms with Crippen molar-refractivity contribution in [2.24, 2.45) is 0 Å². The van der Waals surface area contributed by atoms with E-state index in [-0.39, 0.29) is 16.4 Å². The molecular formula is C18H15Cl2NO4S. The number of benzene rings is 2. The summed E-state index contributed by atoms with van der Waals surface area (Å²) in [7, 11) is -4.10. The molecule has 0 radical (unpaired) electrons. The summed E-state index contributed by atoms with van der Waals surface area (Å²) in [6.07, 6.45) is 2.31. The minimum absolute atomic E-state index is 0.0629. The molecule has 136 valence electrons. The van der Waals surface area contributed by atoms with Crippen LogP contribution < -0.4 is 8.92 Å². The standard InChI is InChI=1S/C18H15Cl2NO4S/c1-2-10-24-17-11-12(5-6-15(17)20)26(22,23)25-16-8-7-14(19)13-4-3-9-21-18(13)16/h3-9,11H,2,10H2,1H3. The van der Waals surface area contributed by atoms with Gasteiger partial charge in [-0.25, -0.2) is 0 Å². The molecule has 0 saturated carbocycles. The molecule has 0 N–H and O–H groups in total. The van der Waals surface area contributed by atoms with Crippen LogP contribution in [0.25, 0.3) is 10.9 Å². The number of aromatic nitrogens is 1. The highest BCUT2D eigenvalue weighted by Gasteiger charge is 2.21. The molecule has 0 amide bonds. The van der Waals surface area contributed by atoms with Crippen LogP contribution in [0.3, 0.4) is 0 Å². The average molecular weight is 412 g/mol. The van der Waals surface area contributed by atoms with E-state index in [1.807, 2.05) is 6.92 Å². The molecule has 5 nitrogen and oxygen atoms in total. The number of pyridine rings is 1. The van der Waals surface area contributed by atoms with Gasteiger partial charge in [0.1, 0.15) is 16.2 Å². The highest BCUT2D eigenvalue weighted by atomic mass is 35.5. The third-order valence-corrected chi connectivity index (χ3v) is 5.40. The van der Waals surface area contributed by atoms with Gasteiger partial charge in [0.05, 0.1) is 16.7 Å². The summed E-state index contributed by atoms with van der Waals surface area (Å²) in [5.41, 5.74) is 0.361. The fourth-order valence-electron chi connectivity index (χ4n) is 2.31. The van der Waals surface area contributed by atoms with Crippen molar-refractivity contribution < 1.29 is 17.3 Å². The van der Waals surface area contributed by atoms with E-state index in [4.69, 9.17) is 32.1 Å². The average Bonchev–Trinajstić information content (AvgIpc) is 2.63. The lowest BCUT2D eigenvalue weighted by Gasteiger charge is -2.12. The van der Waals surface area contributed by atoms with Gasteiger partial charge in [-0.1, -0.05) is 30.1 Å². The van der Waals surface area contributed by atoms with E-state index in [1.54, 1.807) is 18.2 Å². The lowest BCUT2D eigenvalue weighted by molar-refractivity contribution is 0.316. The van der Waals surface area contributed by atoms with Crippen molar-refractivity contribution in [1.29, 1.82) is 0 Å². The van der Waals surface area contributed by atoms with Gasteiger partial charge in [-0.05, 0) is 42.8 Å². The van der Waals surface area contributed by atoms with Gasteiger partial charge in [0, 0.05) is 17.6 Å². The number of rotatable bonds is 6. The first-order chi connectivity index (χ1) is 12.4. The third kappa shape index (κ3) is 3.87. The van der Waals surface area contributed by atoms with Crippen LogP contribution in [-0.2, 0) is 10.1 Å². The Balaban J connectivity index is 1.99. The fourth-order valence-corrected chi connectivity index (χ4v) is 3.65. The Kier molecular flexibility index (Phi) is 5.55. The van der Waals surface area contributed by atoms with E-state index < -0.39 is 10.1 Å². The van der Waals surface area contributed by atoms with Gasteiger partial charge in [-0.3, -0.25) is 4.98 Å². The van der Waals surface area contributed by atoms with E-state index >= 15 is 0 Å². The van der Waals surface area contributed by atoms with E-state index in [1.165, 1.54) is 30.5 Å². The molecule has 1 aromatic heterocycles. The first-order valence-electron chi connectivity index (χ1n) is 7.82. The predicted octanol–water partition coefficient (Wildman–Crippen LogP) is 5.10. The van der Waals surface area contributed by atoms with Crippen LogP contribution in [0.2, 0.25) is 10.0 Å². The van der Waals surface area contributed by atoms with Crippen LogP contribution >= 0.6 is 23.2 Å². The van der Waals surface area contributed by atoms with E-state index in [0.717, 1.165) is 6.42 Å². The van der Waals surface area contributed by atoms with E-state index in [2.05, 4.69) is 4.98 Å². The maximum Gasteiger partial charge on any atom is 0.339 e. The lowest BCUT2D eigenvalue weighted by atomic mass is 10.2. The Labute approximate surface area is 161 Å². The van der Waals surface area contributed by atoms with Crippen LogP contribution in [0.15, 0.2) is 53.6 Å². The summed E-state index contributed by atoms with van der Waals surface area (Å²) in [6, 6.07) is 10.7. The lowest BCUT2D eigenvalue weighted by Crippen LogP contribution is -2.10. The second-order valence-corrected chi connectivity index (χ2v) is 7.78. The summed E-state index contributed by atoms with van der Waals surface area (Å²) >= 11 is 12.2. The summed E-state index contributed by atoms with van der Waals surface area (Å²) < 4.78 is 36.2. The van der Waals surface area contributed by atoms with Crippen molar-refractivity contribution >= 4 is 44.2 Å². The third-order valence-electron chi connectivity index (χ3n) is 3.53. The number of fused-ring (bicyclic) bond motifs is 1. The van der Waals surface area contributed by atoms with Crippen molar-refractivity contribution in [3.63, 3.8) is 0 Å². The Morgan fingerprint density at radius 3 is 2.58 bits per heavy atom. The molecule has 0 atom stereocenters. The Morgan fingerprint density at radius 2 is 1.81 bits per heavy atom. The highest BCUT2D eigenvalue weighted by Crippen LogP contribution is 2.33. The Bertz CT molecular complexity index is 1050. The Morgan fingerprint density at radius 1 is 1.04 bits per heavy atom. The summed E-state index contributed by atoms with van der Waals surface area (Å²) in [5.74, 6) is 0.383. The normalized spacial score (nSPS) is 11.5. The molecule has 0 aliphatic carbocycles. The fraction of sp³-hybridized carbons (Fsp3) is 0.167. The topological polar surface area (TPSA) is 65.5 Å².